The lowest BCUT2D eigenvalue weighted by Gasteiger charge is -2.39. The van der Waals surface area contributed by atoms with Gasteiger partial charge in [0.25, 0.3) is 5.91 Å². The van der Waals surface area contributed by atoms with Gasteiger partial charge in [0.05, 0.1) is 11.3 Å². The van der Waals surface area contributed by atoms with Crippen LogP contribution in [0.3, 0.4) is 0 Å². The quantitative estimate of drug-likeness (QED) is 0.278. The van der Waals surface area contributed by atoms with E-state index in [1.165, 1.54) is 0 Å². The van der Waals surface area contributed by atoms with E-state index < -0.39 is 5.60 Å². The molecule has 9 nitrogen and oxygen atoms in total. The van der Waals surface area contributed by atoms with E-state index in [-0.39, 0.29) is 5.91 Å². The summed E-state index contributed by atoms with van der Waals surface area (Å²) in [4.78, 5) is 28.9. The Morgan fingerprint density at radius 2 is 1.60 bits per heavy atom. The second-order valence-electron chi connectivity index (χ2n) is 11.9. The first-order valence-electron chi connectivity index (χ1n) is 15.6. The van der Waals surface area contributed by atoms with Gasteiger partial charge in [0.15, 0.2) is 11.5 Å². The summed E-state index contributed by atoms with van der Waals surface area (Å²) in [5.74, 6) is 0.790. The number of hydrogen-bond donors (Lipinski definition) is 1. The van der Waals surface area contributed by atoms with Crippen LogP contribution in [0, 0.1) is 0 Å². The number of amides is 1. The van der Waals surface area contributed by atoms with Gasteiger partial charge in [-0.15, -0.1) is 0 Å². The Morgan fingerprint density at radius 3 is 2.36 bits per heavy atom. The van der Waals surface area contributed by atoms with Gasteiger partial charge in [-0.25, -0.2) is 9.50 Å². The number of halogens is 1. The molecule has 10 heteroatoms. The zero-order chi connectivity index (χ0) is 30.8. The number of anilines is 2. The third-order valence-electron chi connectivity index (χ3n) is 9.07. The van der Waals surface area contributed by atoms with Crippen molar-refractivity contribution < 1.29 is 9.90 Å². The number of pyridine rings is 2. The highest BCUT2D eigenvalue weighted by atomic mass is 35.5. The van der Waals surface area contributed by atoms with Crippen molar-refractivity contribution in [2.75, 3.05) is 49.1 Å². The molecule has 5 aromatic rings. The first-order valence-corrected chi connectivity index (χ1v) is 15.9. The molecule has 3 aromatic heterocycles. The highest BCUT2D eigenvalue weighted by Gasteiger charge is 2.34. The van der Waals surface area contributed by atoms with E-state index >= 15 is 0 Å². The van der Waals surface area contributed by atoms with E-state index in [1.807, 2.05) is 94.7 Å². The van der Waals surface area contributed by atoms with Crippen LogP contribution >= 0.6 is 11.6 Å². The summed E-state index contributed by atoms with van der Waals surface area (Å²) in [5, 5.41) is 16.8. The predicted molar refractivity (Wildman–Crippen MR) is 176 cm³/mol. The Bertz CT molecular complexity index is 1770. The molecule has 2 saturated heterocycles. The van der Waals surface area contributed by atoms with Crippen molar-refractivity contribution in [3.63, 3.8) is 0 Å². The zero-order valence-corrected chi connectivity index (χ0v) is 25.9. The molecule has 1 amide bonds. The lowest BCUT2D eigenvalue weighted by molar-refractivity contribution is 0.0118. The van der Waals surface area contributed by atoms with Crippen molar-refractivity contribution in [2.24, 2.45) is 0 Å². The van der Waals surface area contributed by atoms with Gasteiger partial charge in [-0.05, 0) is 78.9 Å². The molecule has 0 saturated carbocycles. The maximum absolute atomic E-state index is 13.3. The molecule has 2 aromatic carbocycles. The summed E-state index contributed by atoms with van der Waals surface area (Å²) >= 11 is 6.06. The van der Waals surface area contributed by atoms with Gasteiger partial charge in [0.2, 0.25) is 0 Å². The first kappa shape index (κ1) is 29.3. The summed E-state index contributed by atoms with van der Waals surface area (Å²) in [6.07, 6.45) is 8.26. The molecule has 5 heterocycles. The Labute approximate surface area is 267 Å². The SMILES string of the molecule is O=C(c1ccc(Cc2nc3c(N4CCC(O)(c5ccc(Cl)cc5)CC4)cccn3n2)cc1)N1CCCN(c2ccncc2)CC1. The van der Waals surface area contributed by atoms with Crippen molar-refractivity contribution >= 4 is 34.5 Å². The Balaban J connectivity index is 0.996. The highest BCUT2D eigenvalue weighted by molar-refractivity contribution is 6.30. The number of carbonyl (C=O) groups is 1. The van der Waals surface area contributed by atoms with Crippen LogP contribution in [0.25, 0.3) is 5.65 Å². The average molecular weight is 622 g/mol. The molecule has 230 valence electrons. The second-order valence-corrected chi connectivity index (χ2v) is 12.4. The number of fused-ring (bicyclic) bond motifs is 1. The van der Waals surface area contributed by atoms with Gasteiger partial charge in [-0.1, -0.05) is 35.9 Å². The number of piperidine rings is 1. The lowest BCUT2D eigenvalue weighted by atomic mass is 9.84. The van der Waals surface area contributed by atoms with Gasteiger partial charge >= 0.3 is 0 Å². The van der Waals surface area contributed by atoms with Crippen molar-refractivity contribution in [1.29, 1.82) is 0 Å². The van der Waals surface area contributed by atoms with Gasteiger partial charge < -0.3 is 19.8 Å². The number of aliphatic hydroxyl groups is 1. The molecule has 0 aliphatic carbocycles. The van der Waals surface area contributed by atoms with Crippen LogP contribution in [0.5, 0.6) is 0 Å². The first-order chi connectivity index (χ1) is 21.9. The van der Waals surface area contributed by atoms with Gasteiger partial charge in [0.1, 0.15) is 0 Å². The summed E-state index contributed by atoms with van der Waals surface area (Å²) in [5.41, 5.74) is 4.75. The highest BCUT2D eigenvalue weighted by Crippen LogP contribution is 2.36. The van der Waals surface area contributed by atoms with E-state index in [1.54, 1.807) is 0 Å². The summed E-state index contributed by atoms with van der Waals surface area (Å²) in [7, 11) is 0. The molecule has 0 atom stereocenters. The van der Waals surface area contributed by atoms with E-state index in [0.29, 0.717) is 49.5 Å². The number of nitrogens with zero attached hydrogens (tertiary/aromatic N) is 7. The minimum absolute atomic E-state index is 0.0677. The number of aromatic nitrogens is 4. The zero-order valence-electron chi connectivity index (χ0n) is 25.1. The minimum atomic E-state index is -0.869. The van der Waals surface area contributed by atoms with Crippen LogP contribution in [-0.4, -0.2) is 74.8 Å². The second kappa shape index (κ2) is 12.5. The van der Waals surface area contributed by atoms with Crippen LogP contribution < -0.4 is 9.80 Å². The van der Waals surface area contributed by atoms with Crippen LogP contribution in [0.1, 0.15) is 46.6 Å². The van der Waals surface area contributed by atoms with Crippen LogP contribution in [0.4, 0.5) is 11.4 Å². The molecule has 7 rings (SSSR count). The maximum Gasteiger partial charge on any atom is 0.253 e. The fourth-order valence-corrected chi connectivity index (χ4v) is 6.61. The topological polar surface area (TPSA) is 90.1 Å². The van der Waals surface area contributed by atoms with Gasteiger partial charge in [0, 0.05) is 80.6 Å². The molecular formula is C35H36ClN7O2. The van der Waals surface area contributed by atoms with Crippen LogP contribution in [0.15, 0.2) is 91.4 Å². The van der Waals surface area contributed by atoms with Crippen LogP contribution in [0.2, 0.25) is 5.02 Å². The standard InChI is InChI=1S/C35H36ClN7O2/c36-29-10-8-28(9-11-29)35(45)14-21-41(22-15-35)31-3-1-20-43-33(31)38-32(39-43)25-26-4-6-27(7-5-26)34(44)42-19-2-18-40(23-24-42)30-12-16-37-17-13-30/h1,3-13,16-17,20,45H,2,14-15,18-19,21-25H2. The Morgan fingerprint density at radius 1 is 0.844 bits per heavy atom. The summed E-state index contributed by atoms with van der Waals surface area (Å²) in [6, 6.07) is 23.4. The molecular weight excluding hydrogens is 586 g/mol. The number of benzene rings is 2. The maximum atomic E-state index is 13.3. The fraction of sp³-hybridized carbons (Fsp3) is 0.314. The lowest BCUT2D eigenvalue weighted by Crippen LogP contribution is -2.42. The summed E-state index contributed by atoms with van der Waals surface area (Å²) < 4.78 is 1.83. The van der Waals surface area contributed by atoms with Crippen LogP contribution in [-0.2, 0) is 12.0 Å². The number of hydrogen-bond acceptors (Lipinski definition) is 7. The third kappa shape index (κ3) is 6.23. The van der Waals surface area contributed by atoms with Crippen molar-refractivity contribution in [3.8, 4) is 0 Å². The number of rotatable bonds is 6. The fourth-order valence-electron chi connectivity index (χ4n) is 6.49. The van der Waals surface area contributed by atoms with E-state index in [2.05, 4.69) is 20.9 Å². The molecule has 0 radical (unpaired) electrons. The van der Waals surface area contributed by atoms with E-state index in [0.717, 1.165) is 60.0 Å². The van der Waals surface area contributed by atoms with Crippen molar-refractivity contribution in [3.05, 3.63) is 119 Å². The average Bonchev–Trinajstić information content (AvgIpc) is 3.32. The predicted octanol–water partition coefficient (Wildman–Crippen LogP) is 5.21. The smallest absolute Gasteiger partial charge is 0.253 e. The molecule has 45 heavy (non-hydrogen) atoms. The number of carbonyl (C=O) groups excluding carboxylic acids is 1. The molecule has 0 unspecified atom stereocenters. The normalized spacial score (nSPS) is 17.0. The summed E-state index contributed by atoms with van der Waals surface area (Å²) in [6.45, 7) is 4.56. The molecule has 2 aliphatic heterocycles. The third-order valence-corrected chi connectivity index (χ3v) is 9.32. The molecule has 0 bridgehead atoms. The molecule has 0 spiro atoms. The Kier molecular flexibility index (Phi) is 8.12. The molecule has 1 N–H and O–H groups in total. The minimum Gasteiger partial charge on any atom is -0.385 e. The van der Waals surface area contributed by atoms with E-state index in [9.17, 15) is 9.90 Å². The molecule has 2 fully saturated rings. The van der Waals surface area contributed by atoms with Crippen molar-refractivity contribution in [1.82, 2.24) is 24.5 Å². The van der Waals surface area contributed by atoms with E-state index in [4.69, 9.17) is 21.7 Å². The monoisotopic (exact) mass is 621 g/mol. The van der Waals surface area contributed by atoms with Gasteiger partial charge in [-0.2, -0.15) is 5.10 Å². The largest absolute Gasteiger partial charge is 0.385 e. The Hall–Kier alpha value is -4.47. The van der Waals surface area contributed by atoms with Crippen molar-refractivity contribution in [2.45, 2.75) is 31.3 Å². The molecule has 2 aliphatic rings. The van der Waals surface area contributed by atoms with Gasteiger partial charge in [-0.3, -0.25) is 9.78 Å².